The number of rotatable bonds is 4. The van der Waals surface area contributed by atoms with Crippen LogP contribution < -0.4 is 5.32 Å². The van der Waals surface area contributed by atoms with Crippen molar-refractivity contribution in [3.8, 4) is 0 Å². The molecule has 0 heterocycles. The molecular weight excluding hydrogens is 100 g/mol. The van der Waals surface area contributed by atoms with Crippen molar-refractivity contribution in [2.24, 2.45) is 0 Å². The second-order valence-corrected chi connectivity index (χ2v) is 2.20. The molecule has 0 aliphatic rings. The average molecular weight is 115 g/mol. The van der Waals surface area contributed by atoms with Crippen LogP contribution in [0.2, 0.25) is 0 Å². The molecule has 0 amide bonds. The summed E-state index contributed by atoms with van der Waals surface area (Å²) in [5, 5.41) is 3.98. The van der Waals surface area contributed by atoms with Crippen LogP contribution in [-0.4, -0.2) is 39.1 Å². The third-order valence-electron chi connectivity index (χ3n) is 0.987. The lowest BCUT2D eigenvalue weighted by molar-refractivity contribution is 0.397. The smallest absolute Gasteiger partial charge is 0.0142 e. The molecule has 0 spiro atoms. The standard InChI is InChI=1S/C6H15N2/c1-7-5-4-6-8(2)3/h4-6H2,1-3H3. The minimum Gasteiger partial charge on any atom is -0.309 e. The summed E-state index contributed by atoms with van der Waals surface area (Å²) in [6.07, 6.45) is 1.18. The van der Waals surface area contributed by atoms with Gasteiger partial charge in [-0.25, -0.2) is 5.32 Å². The Morgan fingerprint density at radius 1 is 1.38 bits per heavy atom. The molecule has 0 aromatic rings. The van der Waals surface area contributed by atoms with Gasteiger partial charge in [0.25, 0.3) is 0 Å². The fourth-order valence-electron chi connectivity index (χ4n) is 0.545. The van der Waals surface area contributed by atoms with Crippen molar-refractivity contribution < 1.29 is 0 Å². The Morgan fingerprint density at radius 3 is 2.38 bits per heavy atom. The van der Waals surface area contributed by atoms with Crippen molar-refractivity contribution in [3.63, 3.8) is 0 Å². The zero-order valence-electron chi connectivity index (χ0n) is 6.02. The lowest BCUT2D eigenvalue weighted by atomic mass is 10.4. The van der Waals surface area contributed by atoms with Crippen LogP contribution in [0.25, 0.3) is 0 Å². The van der Waals surface area contributed by atoms with Gasteiger partial charge in [-0.2, -0.15) is 0 Å². The van der Waals surface area contributed by atoms with Crippen LogP contribution in [0.4, 0.5) is 0 Å². The van der Waals surface area contributed by atoms with Crippen molar-refractivity contribution >= 4 is 0 Å². The fraction of sp³-hybridized carbons (Fsp3) is 1.00. The Kier molecular flexibility index (Phi) is 5.01. The van der Waals surface area contributed by atoms with Crippen molar-refractivity contribution in [2.45, 2.75) is 6.42 Å². The number of hydrogen-bond acceptors (Lipinski definition) is 1. The van der Waals surface area contributed by atoms with Crippen molar-refractivity contribution in [1.82, 2.24) is 10.2 Å². The van der Waals surface area contributed by atoms with Crippen molar-refractivity contribution in [1.29, 1.82) is 0 Å². The molecule has 0 rings (SSSR count). The van der Waals surface area contributed by atoms with E-state index in [1.165, 1.54) is 6.42 Å². The molecule has 0 saturated heterocycles. The van der Waals surface area contributed by atoms with Crippen LogP contribution in [0.3, 0.4) is 0 Å². The van der Waals surface area contributed by atoms with E-state index in [-0.39, 0.29) is 0 Å². The third kappa shape index (κ3) is 5.92. The van der Waals surface area contributed by atoms with E-state index in [4.69, 9.17) is 0 Å². The summed E-state index contributed by atoms with van der Waals surface area (Å²) in [7, 11) is 6.01. The Labute approximate surface area is 51.9 Å². The lowest BCUT2D eigenvalue weighted by Gasteiger charge is -2.06. The second-order valence-electron chi connectivity index (χ2n) is 2.20. The Morgan fingerprint density at radius 2 is 2.00 bits per heavy atom. The van der Waals surface area contributed by atoms with Crippen LogP contribution in [0.1, 0.15) is 6.42 Å². The third-order valence-corrected chi connectivity index (χ3v) is 0.987. The van der Waals surface area contributed by atoms with Gasteiger partial charge >= 0.3 is 0 Å². The van der Waals surface area contributed by atoms with E-state index in [1.54, 1.807) is 0 Å². The van der Waals surface area contributed by atoms with Gasteiger partial charge in [-0.3, -0.25) is 0 Å². The second kappa shape index (κ2) is 5.06. The highest BCUT2D eigenvalue weighted by molar-refractivity contribution is 4.44. The quantitative estimate of drug-likeness (QED) is 0.477. The van der Waals surface area contributed by atoms with Crippen LogP contribution in [0.5, 0.6) is 0 Å². The Bertz CT molecular complexity index is 43.8. The summed E-state index contributed by atoms with van der Waals surface area (Å²) < 4.78 is 0. The average Bonchev–Trinajstić information content (AvgIpc) is 1.66. The van der Waals surface area contributed by atoms with E-state index in [0.29, 0.717) is 0 Å². The highest BCUT2D eigenvalue weighted by atomic mass is 15.0. The maximum Gasteiger partial charge on any atom is 0.0142 e. The topological polar surface area (TPSA) is 17.3 Å². The first-order valence-electron chi connectivity index (χ1n) is 2.97. The maximum absolute atomic E-state index is 3.98. The minimum absolute atomic E-state index is 0.998. The largest absolute Gasteiger partial charge is 0.309 e. The monoisotopic (exact) mass is 115 g/mol. The molecule has 2 heteroatoms. The molecule has 0 aliphatic heterocycles. The summed E-state index contributed by atoms with van der Waals surface area (Å²) in [5.74, 6) is 0. The van der Waals surface area contributed by atoms with Crippen molar-refractivity contribution in [2.75, 3.05) is 34.2 Å². The van der Waals surface area contributed by atoms with Gasteiger partial charge in [0.2, 0.25) is 0 Å². The highest BCUT2D eigenvalue weighted by Crippen LogP contribution is 1.79. The predicted octanol–water partition coefficient (Wildman–Crippen LogP) is 0.172. The van der Waals surface area contributed by atoms with E-state index in [1.807, 2.05) is 7.05 Å². The molecule has 0 atom stereocenters. The highest BCUT2D eigenvalue weighted by Gasteiger charge is 1.86. The molecule has 0 aromatic carbocycles. The maximum atomic E-state index is 3.98. The lowest BCUT2D eigenvalue weighted by Crippen LogP contribution is -2.15. The first kappa shape index (κ1) is 7.92. The van der Waals surface area contributed by atoms with E-state index in [2.05, 4.69) is 24.3 Å². The molecule has 49 valence electrons. The van der Waals surface area contributed by atoms with Gasteiger partial charge in [0.05, 0.1) is 0 Å². The molecule has 0 fully saturated rings. The summed E-state index contributed by atoms with van der Waals surface area (Å²) in [6, 6.07) is 0. The fourth-order valence-corrected chi connectivity index (χ4v) is 0.545. The molecule has 0 bridgehead atoms. The molecular formula is C6H15N2. The summed E-state index contributed by atoms with van der Waals surface area (Å²) in [4.78, 5) is 2.17. The summed E-state index contributed by atoms with van der Waals surface area (Å²) in [5.41, 5.74) is 0. The van der Waals surface area contributed by atoms with E-state index in [0.717, 1.165) is 13.1 Å². The molecule has 0 unspecified atom stereocenters. The first-order valence-corrected chi connectivity index (χ1v) is 2.97. The van der Waals surface area contributed by atoms with Crippen LogP contribution >= 0.6 is 0 Å². The van der Waals surface area contributed by atoms with E-state index in [9.17, 15) is 0 Å². The van der Waals surface area contributed by atoms with Gasteiger partial charge in [-0.15, -0.1) is 0 Å². The molecule has 0 N–H and O–H groups in total. The molecule has 2 nitrogen and oxygen atoms in total. The first-order chi connectivity index (χ1) is 3.77. The zero-order valence-corrected chi connectivity index (χ0v) is 6.02. The van der Waals surface area contributed by atoms with Gasteiger partial charge < -0.3 is 4.90 Å². The van der Waals surface area contributed by atoms with Gasteiger partial charge in [0, 0.05) is 13.6 Å². The van der Waals surface area contributed by atoms with Crippen LogP contribution in [0, 0.1) is 0 Å². The number of hydrogen-bond donors (Lipinski definition) is 0. The van der Waals surface area contributed by atoms with E-state index < -0.39 is 0 Å². The summed E-state index contributed by atoms with van der Waals surface area (Å²) in [6.45, 7) is 2.15. The minimum atomic E-state index is 0.998. The van der Waals surface area contributed by atoms with Gasteiger partial charge in [0.1, 0.15) is 0 Å². The van der Waals surface area contributed by atoms with Crippen molar-refractivity contribution in [3.05, 3.63) is 0 Å². The zero-order chi connectivity index (χ0) is 6.41. The van der Waals surface area contributed by atoms with Crippen LogP contribution in [-0.2, 0) is 0 Å². The Hall–Kier alpha value is -0.0800. The van der Waals surface area contributed by atoms with Gasteiger partial charge in [0.15, 0.2) is 0 Å². The number of nitrogens with zero attached hydrogens (tertiary/aromatic N) is 2. The van der Waals surface area contributed by atoms with Gasteiger partial charge in [-0.05, 0) is 27.1 Å². The van der Waals surface area contributed by atoms with E-state index >= 15 is 0 Å². The summed E-state index contributed by atoms with van der Waals surface area (Å²) >= 11 is 0. The Balaban J connectivity index is 2.72. The molecule has 0 aliphatic carbocycles. The molecule has 8 heavy (non-hydrogen) atoms. The molecule has 1 radical (unpaired) electrons. The predicted molar refractivity (Wildman–Crippen MR) is 36.1 cm³/mol. The molecule has 0 aromatic heterocycles. The van der Waals surface area contributed by atoms with Crippen LogP contribution in [0.15, 0.2) is 0 Å². The normalized spacial score (nSPS) is 10.5. The molecule has 0 saturated carbocycles. The SMILES string of the molecule is C[N]CCCN(C)C. The van der Waals surface area contributed by atoms with Gasteiger partial charge in [-0.1, -0.05) is 0 Å².